The number of hydrogen-bond acceptors (Lipinski definition) is 2. The van der Waals surface area contributed by atoms with Crippen molar-refractivity contribution in [2.75, 3.05) is 19.8 Å². The van der Waals surface area contributed by atoms with Crippen LogP contribution in [0.3, 0.4) is 0 Å². The van der Waals surface area contributed by atoms with Gasteiger partial charge in [0.15, 0.2) is 0 Å². The summed E-state index contributed by atoms with van der Waals surface area (Å²) in [6, 6.07) is 0. The zero-order chi connectivity index (χ0) is 5.56. The molecule has 0 aromatic heterocycles. The Morgan fingerprint density at radius 3 is 2.38 bits per heavy atom. The summed E-state index contributed by atoms with van der Waals surface area (Å²) in [5.41, 5.74) is 0. The Balaban J connectivity index is 1.94. The summed E-state index contributed by atoms with van der Waals surface area (Å²) in [6.07, 6.45) is 0. The molecule has 0 amide bonds. The average molecular weight is 114 g/mol. The summed E-state index contributed by atoms with van der Waals surface area (Å²) < 4.78 is 5.13. The van der Waals surface area contributed by atoms with Crippen LogP contribution in [0.15, 0.2) is 0 Å². The first-order valence-electron chi connectivity index (χ1n) is 3.12. The van der Waals surface area contributed by atoms with Crippen molar-refractivity contribution in [2.45, 2.75) is 0 Å². The summed E-state index contributed by atoms with van der Waals surface area (Å²) in [6.45, 7) is 2.17. The molecule has 0 bridgehead atoms. The van der Waals surface area contributed by atoms with Crippen molar-refractivity contribution in [3.8, 4) is 0 Å². The minimum absolute atomic E-state index is 0.374. The molecule has 0 unspecified atom stereocenters. The van der Waals surface area contributed by atoms with E-state index in [4.69, 9.17) is 9.84 Å². The SMILES string of the molecule is OCC1[C@@H]2COC[C@@H]12. The first-order valence-corrected chi connectivity index (χ1v) is 3.12. The highest BCUT2D eigenvalue weighted by Gasteiger charge is 2.53. The van der Waals surface area contributed by atoms with Crippen LogP contribution in [-0.2, 0) is 4.74 Å². The lowest BCUT2D eigenvalue weighted by molar-refractivity contribution is 0.133. The highest BCUT2D eigenvalue weighted by Crippen LogP contribution is 2.49. The van der Waals surface area contributed by atoms with Gasteiger partial charge in [-0.3, -0.25) is 0 Å². The van der Waals surface area contributed by atoms with Crippen LogP contribution in [0.2, 0.25) is 0 Å². The predicted octanol–water partition coefficient (Wildman–Crippen LogP) is -0.129. The molecule has 2 heteroatoms. The fraction of sp³-hybridized carbons (Fsp3) is 1.00. The van der Waals surface area contributed by atoms with Crippen LogP contribution in [0.5, 0.6) is 0 Å². The standard InChI is InChI=1S/C6H10O2/c7-1-4-5-2-8-3-6(4)5/h4-7H,1-3H2/t5-,6-/m0/s1. The fourth-order valence-corrected chi connectivity index (χ4v) is 1.63. The van der Waals surface area contributed by atoms with Crippen molar-refractivity contribution in [1.29, 1.82) is 0 Å². The minimum Gasteiger partial charge on any atom is -0.396 e. The largest absolute Gasteiger partial charge is 0.396 e. The van der Waals surface area contributed by atoms with Crippen molar-refractivity contribution in [3.05, 3.63) is 0 Å². The van der Waals surface area contributed by atoms with Gasteiger partial charge in [-0.25, -0.2) is 0 Å². The van der Waals surface area contributed by atoms with Gasteiger partial charge in [0.05, 0.1) is 13.2 Å². The predicted molar refractivity (Wildman–Crippen MR) is 28.4 cm³/mol. The molecule has 8 heavy (non-hydrogen) atoms. The smallest absolute Gasteiger partial charge is 0.0501 e. The summed E-state index contributed by atoms with van der Waals surface area (Å²) in [5, 5.41) is 8.66. The van der Waals surface area contributed by atoms with Crippen molar-refractivity contribution >= 4 is 0 Å². The second-order valence-corrected chi connectivity index (χ2v) is 2.71. The van der Waals surface area contributed by atoms with E-state index >= 15 is 0 Å². The van der Waals surface area contributed by atoms with Gasteiger partial charge in [-0.1, -0.05) is 0 Å². The van der Waals surface area contributed by atoms with Gasteiger partial charge in [-0.05, 0) is 17.8 Å². The van der Waals surface area contributed by atoms with E-state index in [-0.39, 0.29) is 0 Å². The molecule has 1 saturated heterocycles. The van der Waals surface area contributed by atoms with Gasteiger partial charge < -0.3 is 9.84 Å². The molecule has 0 aromatic rings. The fourth-order valence-electron chi connectivity index (χ4n) is 1.63. The monoisotopic (exact) mass is 114 g/mol. The lowest BCUT2D eigenvalue weighted by atomic mass is 10.3. The van der Waals surface area contributed by atoms with E-state index in [1.807, 2.05) is 0 Å². The second-order valence-electron chi connectivity index (χ2n) is 2.71. The third-order valence-corrected chi connectivity index (χ3v) is 2.34. The first-order chi connectivity index (χ1) is 3.93. The highest BCUT2D eigenvalue weighted by atomic mass is 16.5. The van der Waals surface area contributed by atoms with E-state index < -0.39 is 0 Å². The van der Waals surface area contributed by atoms with E-state index in [1.54, 1.807) is 0 Å². The van der Waals surface area contributed by atoms with Crippen LogP contribution in [0.1, 0.15) is 0 Å². The zero-order valence-electron chi connectivity index (χ0n) is 4.71. The number of aliphatic hydroxyl groups is 1. The molecule has 1 heterocycles. The number of fused-ring (bicyclic) bond motifs is 1. The quantitative estimate of drug-likeness (QED) is 0.514. The van der Waals surface area contributed by atoms with Crippen LogP contribution in [0.4, 0.5) is 0 Å². The molecule has 2 fully saturated rings. The van der Waals surface area contributed by atoms with Crippen LogP contribution >= 0.6 is 0 Å². The molecular weight excluding hydrogens is 104 g/mol. The van der Waals surface area contributed by atoms with Gasteiger partial charge >= 0.3 is 0 Å². The number of rotatable bonds is 1. The molecule has 1 N–H and O–H groups in total. The Morgan fingerprint density at radius 1 is 1.38 bits per heavy atom. The van der Waals surface area contributed by atoms with E-state index in [0.29, 0.717) is 12.5 Å². The summed E-state index contributed by atoms with van der Waals surface area (Å²) in [7, 11) is 0. The molecule has 2 atom stereocenters. The molecule has 1 aliphatic heterocycles. The topological polar surface area (TPSA) is 29.5 Å². The highest BCUT2D eigenvalue weighted by molar-refractivity contribution is 4.99. The van der Waals surface area contributed by atoms with Gasteiger partial charge in [0.25, 0.3) is 0 Å². The maximum Gasteiger partial charge on any atom is 0.0501 e. The van der Waals surface area contributed by atoms with Crippen molar-refractivity contribution in [3.63, 3.8) is 0 Å². The minimum atomic E-state index is 0.374. The van der Waals surface area contributed by atoms with Crippen molar-refractivity contribution in [1.82, 2.24) is 0 Å². The normalized spacial score (nSPS) is 51.4. The molecule has 2 rings (SSSR count). The molecular formula is C6H10O2. The molecule has 1 aliphatic carbocycles. The van der Waals surface area contributed by atoms with Crippen molar-refractivity contribution < 1.29 is 9.84 Å². The molecule has 0 aromatic carbocycles. The Kier molecular flexibility index (Phi) is 0.866. The Labute approximate surface area is 48.5 Å². The zero-order valence-corrected chi connectivity index (χ0v) is 4.71. The first kappa shape index (κ1) is 4.77. The van der Waals surface area contributed by atoms with Gasteiger partial charge in [-0.2, -0.15) is 0 Å². The van der Waals surface area contributed by atoms with Crippen LogP contribution in [0.25, 0.3) is 0 Å². The van der Waals surface area contributed by atoms with E-state index in [0.717, 1.165) is 25.0 Å². The van der Waals surface area contributed by atoms with Gasteiger partial charge in [-0.15, -0.1) is 0 Å². The van der Waals surface area contributed by atoms with Gasteiger partial charge in [0, 0.05) is 6.61 Å². The Bertz CT molecular complexity index is 85.9. The third-order valence-electron chi connectivity index (χ3n) is 2.34. The Hall–Kier alpha value is -0.0800. The van der Waals surface area contributed by atoms with Crippen LogP contribution in [-0.4, -0.2) is 24.9 Å². The maximum absolute atomic E-state index is 8.66. The maximum atomic E-state index is 8.66. The summed E-state index contributed by atoms with van der Waals surface area (Å²) >= 11 is 0. The average Bonchev–Trinajstić information content (AvgIpc) is 2.22. The summed E-state index contributed by atoms with van der Waals surface area (Å²) in [5.74, 6) is 2.05. The van der Waals surface area contributed by atoms with E-state index in [9.17, 15) is 0 Å². The van der Waals surface area contributed by atoms with Crippen molar-refractivity contribution in [2.24, 2.45) is 17.8 Å². The third kappa shape index (κ3) is 0.446. The molecule has 0 spiro atoms. The number of aliphatic hydroxyl groups excluding tert-OH is 1. The molecule has 2 nitrogen and oxygen atoms in total. The number of ether oxygens (including phenoxy) is 1. The van der Waals surface area contributed by atoms with Crippen LogP contribution < -0.4 is 0 Å². The molecule has 46 valence electrons. The summed E-state index contributed by atoms with van der Waals surface area (Å²) in [4.78, 5) is 0. The lowest BCUT2D eigenvalue weighted by Crippen LogP contribution is -2.00. The lowest BCUT2D eigenvalue weighted by Gasteiger charge is -1.96. The number of hydrogen-bond donors (Lipinski definition) is 1. The van der Waals surface area contributed by atoms with Gasteiger partial charge in [0.2, 0.25) is 0 Å². The molecule has 0 radical (unpaired) electrons. The van der Waals surface area contributed by atoms with E-state index in [1.165, 1.54) is 0 Å². The molecule has 2 aliphatic rings. The second kappa shape index (κ2) is 1.45. The van der Waals surface area contributed by atoms with Crippen LogP contribution in [0, 0.1) is 17.8 Å². The Morgan fingerprint density at radius 2 is 2.00 bits per heavy atom. The van der Waals surface area contributed by atoms with Gasteiger partial charge in [0.1, 0.15) is 0 Å². The molecule has 1 saturated carbocycles. The van der Waals surface area contributed by atoms with E-state index in [2.05, 4.69) is 0 Å².